The first-order chi connectivity index (χ1) is 9.63. The van der Waals surface area contributed by atoms with Crippen LogP contribution in [0.1, 0.15) is 32.1 Å². The number of hydroxylamine groups is 1. The van der Waals surface area contributed by atoms with Crippen LogP contribution in [0.2, 0.25) is 0 Å². The first-order valence-electron chi connectivity index (χ1n) is 6.83. The maximum absolute atomic E-state index is 10.8. The van der Waals surface area contributed by atoms with Gasteiger partial charge in [0.2, 0.25) is 5.91 Å². The van der Waals surface area contributed by atoms with Crippen molar-refractivity contribution >= 4 is 11.6 Å². The van der Waals surface area contributed by atoms with Gasteiger partial charge in [0.05, 0.1) is 0 Å². The topological polar surface area (TPSA) is 87.4 Å². The fourth-order valence-corrected chi connectivity index (χ4v) is 1.86. The molecule has 0 heterocycles. The fourth-order valence-electron chi connectivity index (χ4n) is 1.86. The number of carbonyl (C=O) groups is 1. The van der Waals surface area contributed by atoms with E-state index in [1.54, 1.807) is 5.48 Å². The summed E-state index contributed by atoms with van der Waals surface area (Å²) in [6, 6.07) is 9.68. The monoisotopic (exact) mass is 277 g/mol. The quantitative estimate of drug-likeness (QED) is 0.317. The minimum Gasteiger partial charge on any atom is -0.358 e. The number of amides is 1. The maximum Gasteiger partial charge on any atom is 0.243 e. The third kappa shape index (κ3) is 6.36. The van der Waals surface area contributed by atoms with E-state index in [2.05, 4.69) is 11.9 Å². The van der Waals surface area contributed by atoms with Crippen molar-refractivity contribution in [1.82, 2.24) is 5.48 Å². The molecule has 0 radical (unpaired) electrons. The zero-order chi connectivity index (χ0) is 14.8. The van der Waals surface area contributed by atoms with E-state index in [1.807, 2.05) is 30.3 Å². The van der Waals surface area contributed by atoms with Crippen LogP contribution in [0, 0.1) is 0 Å². The number of benzene rings is 1. The number of hydrogen-bond acceptors (Lipinski definition) is 4. The molecule has 1 aromatic rings. The lowest BCUT2D eigenvalue weighted by Crippen LogP contribution is -2.26. The lowest BCUT2D eigenvalue weighted by atomic mass is 10.1. The van der Waals surface area contributed by atoms with E-state index in [0.29, 0.717) is 6.42 Å². The molecule has 1 aromatic carbocycles. The van der Waals surface area contributed by atoms with Crippen LogP contribution < -0.4 is 16.5 Å². The molecular formula is C15H23N3O2. The Morgan fingerprint density at radius 3 is 2.60 bits per heavy atom. The minimum atomic E-state index is -0.343. The average molecular weight is 277 g/mol. The van der Waals surface area contributed by atoms with Gasteiger partial charge in [-0.25, -0.2) is 5.48 Å². The average Bonchev–Trinajstić information content (AvgIpc) is 2.47. The summed E-state index contributed by atoms with van der Waals surface area (Å²) in [5.41, 5.74) is 9.45. The molecule has 0 aliphatic rings. The molecule has 5 N–H and O–H groups in total. The van der Waals surface area contributed by atoms with E-state index >= 15 is 0 Å². The molecule has 0 saturated carbocycles. The standard InChI is InChI=1S/C15H23N3O2/c1-12(17-13-8-4-2-5-9-13)14(16)10-6-3-7-11-15(19)18-20/h2,4-5,8-9,14,17,20H,1,3,6-7,10-11,16H2,(H,18,19)/t14-/m0/s1. The summed E-state index contributed by atoms with van der Waals surface area (Å²) in [5.74, 6) is -0.343. The smallest absolute Gasteiger partial charge is 0.243 e. The van der Waals surface area contributed by atoms with E-state index in [9.17, 15) is 4.79 Å². The van der Waals surface area contributed by atoms with Crippen LogP contribution in [-0.4, -0.2) is 17.2 Å². The number of hydrogen-bond donors (Lipinski definition) is 4. The highest BCUT2D eigenvalue weighted by Crippen LogP contribution is 2.13. The molecule has 1 rings (SSSR count). The summed E-state index contributed by atoms with van der Waals surface area (Å²) in [5, 5.41) is 11.5. The molecular weight excluding hydrogens is 254 g/mol. The molecule has 20 heavy (non-hydrogen) atoms. The number of nitrogens with one attached hydrogen (secondary N) is 2. The molecule has 0 bridgehead atoms. The van der Waals surface area contributed by atoms with Crippen molar-refractivity contribution < 1.29 is 10.0 Å². The summed E-state index contributed by atoms with van der Waals surface area (Å²) < 4.78 is 0. The summed E-state index contributed by atoms with van der Waals surface area (Å²) in [4.78, 5) is 10.8. The number of unbranched alkanes of at least 4 members (excludes halogenated alkanes) is 2. The van der Waals surface area contributed by atoms with Crippen molar-refractivity contribution in [2.75, 3.05) is 5.32 Å². The number of anilines is 1. The molecule has 0 saturated heterocycles. The fraction of sp³-hybridized carbons (Fsp3) is 0.400. The van der Waals surface area contributed by atoms with Gasteiger partial charge in [0.25, 0.3) is 0 Å². The summed E-state index contributed by atoms with van der Waals surface area (Å²) >= 11 is 0. The van der Waals surface area contributed by atoms with Crippen molar-refractivity contribution in [3.8, 4) is 0 Å². The van der Waals surface area contributed by atoms with E-state index in [0.717, 1.165) is 37.1 Å². The van der Waals surface area contributed by atoms with Gasteiger partial charge in [0.15, 0.2) is 0 Å². The minimum absolute atomic E-state index is 0.109. The molecule has 1 atom stereocenters. The molecule has 0 fully saturated rings. The molecule has 0 aliphatic heterocycles. The zero-order valence-electron chi connectivity index (χ0n) is 11.6. The second-order valence-electron chi connectivity index (χ2n) is 4.76. The van der Waals surface area contributed by atoms with Gasteiger partial charge in [-0.05, 0) is 25.0 Å². The number of para-hydroxylation sites is 1. The van der Waals surface area contributed by atoms with Crippen LogP contribution >= 0.6 is 0 Å². The Hall–Kier alpha value is -1.85. The Balaban J connectivity index is 2.17. The van der Waals surface area contributed by atoms with Crippen LogP contribution in [-0.2, 0) is 4.79 Å². The van der Waals surface area contributed by atoms with Crippen molar-refractivity contribution in [2.45, 2.75) is 38.1 Å². The molecule has 0 spiro atoms. The molecule has 0 unspecified atom stereocenters. The van der Waals surface area contributed by atoms with Crippen molar-refractivity contribution in [3.05, 3.63) is 42.6 Å². The Morgan fingerprint density at radius 2 is 1.95 bits per heavy atom. The second-order valence-corrected chi connectivity index (χ2v) is 4.76. The molecule has 1 amide bonds. The van der Waals surface area contributed by atoms with Gasteiger partial charge in [-0.2, -0.15) is 0 Å². The summed E-state index contributed by atoms with van der Waals surface area (Å²) in [7, 11) is 0. The number of carbonyl (C=O) groups excluding carboxylic acids is 1. The highest BCUT2D eigenvalue weighted by molar-refractivity contribution is 5.74. The van der Waals surface area contributed by atoms with Crippen LogP contribution in [0.4, 0.5) is 5.69 Å². The predicted molar refractivity (Wildman–Crippen MR) is 80.2 cm³/mol. The van der Waals surface area contributed by atoms with Crippen molar-refractivity contribution in [1.29, 1.82) is 0 Å². The molecule has 5 heteroatoms. The third-order valence-corrected chi connectivity index (χ3v) is 3.07. The first kappa shape index (κ1) is 16.2. The predicted octanol–water partition coefficient (Wildman–Crippen LogP) is 2.40. The van der Waals surface area contributed by atoms with E-state index in [4.69, 9.17) is 10.9 Å². The molecule has 0 aromatic heterocycles. The normalized spacial score (nSPS) is 11.7. The van der Waals surface area contributed by atoms with Crippen molar-refractivity contribution in [2.24, 2.45) is 5.73 Å². The third-order valence-electron chi connectivity index (χ3n) is 3.07. The van der Waals surface area contributed by atoms with Gasteiger partial charge < -0.3 is 11.1 Å². The SMILES string of the molecule is C=C(Nc1ccccc1)[C@@H](N)CCCCCC(=O)NO. The highest BCUT2D eigenvalue weighted by Gasteiger charge is 2.07. The van der Waals surface area contributed by atoms with E-state index in [1.165, 1.54) is 0 Å². The van der Waals surface area contributed by atoms with Gasteiger partial charge in [-0.15, -0.1) is 0 Å². The van der Waals surface area contributed by atoms with E-state index < -0.39 is 0 Å². The molecule has 5 nitrogen and oxygen atoms in total. The zero-order valence-corrected chi connectivity index (χ0v) is 11.6. The van der Waals surface area contributed by atoms with Gasteiger partial charge in [-0.3, -0.25) is 10.0 Å². The highest BCUT2D eigenvalue weighted by atomic mass is 16.5. The van der Waals surface area contributed by atoms with Gasteiger partial charge in [-0.1, -0.05) is 37.6 Å². The van der Waals surface area contributed by atoms with Crippen LogP contribution in [0.5, 0.6) is 0 Å². The largest absolute Gasteiger partial charge is 0.358 e. The lowest BCUT2D eigenvalue weighted by Gasteiger charge is -2.16. The van der Waals surface area contributed by atoms with Gasteiger partial charge in [0.1, 0.15) is 0 Å². The lowest BCUT2D eigenvalue weighted by molar-refractivity contribution is -0.129. The first-order valence-corrected chi connectivity index (χ1v) is 6.83. The number of nitrogens with two attached hydrogens (primary N) is 1. The Morgan fingerprint density at radius 1 is 1.25 bits per heavy atom. The number of rotatable bonds is 9. The summed E-state index contributed by atoms with van der Waals surface area (Å²) in [6.45, 7) is 3.96. The van der Waals surface area contributed by atoms with Crippen LogP contribution in [0.25, 0.3) is 0 Å². The van der Waals surface area contributed by atoms with Gasteiger partial charge in [0, 0.05) is 23.8 Å². The molecule has 0 aliphatic carbocycles. The maximum atomic E-state index is 10.8. The van der Waals surface area contributed by atoms with Crippen molar-refractivity contribution in [3.63, 3.8) is 0 Å². The van der Waals surface area contributed by atoms with Crippen LogP contribution in [0.3, 0.4) is 0 Å². The van der Waals surface area contributed by atoms with Gasteiger partial charge >= 0.3 is 0 Å². The van der Waals surface area contributed by atoms with Crippen LogP contribution in [0.15, 0.2) is 42.6 Å². The Kier molecular flexibility index (Phi) is 7.39. The van der Waals surface area contributed by atoms with E-state index in [-0.39, 0.29) is 11.9 Å². The molecule has 110 valence electrons. The Labute approximate surface area is 119 Å². The second kappa shape index (κ2) is 9.12. The summed E-state index contributed by atoms with van der Waals surface area (Å²) in [6.07, 6.45) is 3.74. The Bertz CT molecular complexity index is 420.